The summed E-state index contributed by atoms with van der Waals surface area (Å²) in [4.78, 5) is 12.2. The van der Waals surface area contributed by atoms with Crippen molar-refractivity contribution < 1.29 is 9.53 Å². The first-order valence-corrected chi connectivity index (χ1v) is 7.13. The van der Waals surface area contributed by atoms with Gasteiger partial charge < -0.3 is 10.5 Å². The third-order valence-corrected chi connectivity index (χ3v) is 3.64. The van der Waals surface area contributed by atoms with Crippen molar-refractivity contribution in [2.45, 2.75) is 27.0 Å². The summed E-state index contributed by atoms with van der Waals surface area (Å²) in [6, 6.07) is 4.98. The molecule has 0 saturated heterocycles. The molecule has 0 aliphatic rings. The van der Waals surface area contributed by atoms with E-state index in [9.17, 15) is 4.79 Å². The number of rotatable bonds is 4. The lowest BCUT2D eigenvalue weighted by Crippen LogP contribution is -2.14. The second kappa shape index (κ2) is 6.37. The van der Waals surface area contributed by atoms with Gasteiger partial charge in [0.1, 0.15) is 6.61 Å². The molecule has 1 aromatic heterocycles. The number of nitrogens with two attached hydrogens (primary N) is 1. The summed E-state index contributed by atoms with van der Waals surface area (Å²) in [6.07, 6.45) is 0. The van der Waals surface area contributed by atoms with Crippen LogP contribution in [0, 0.1) is 6.92 Å². The van der Waals surface area contributed by atoms with E-state index in [1.807, 2.05) is 6.92 Å². The Morgan fingerprint density at radius 3 is 2.81 bits per heavy atom. The number of hydrogen-bond acceptors (Lipinski definition) is 4. The Labute approximate surface area is 132 Å². The van der Waals surface area contributed by atoms with E-state index in [1.165, 1.54) is 4.68 Å². The van der Waals surface area contributed by atoms with Crippen LogP contribution in [0.4, 0.5) is 5.69 Å². The van der Waals surface area contributed by atoms with E-state index in [2.05, 4.69) is 5.10 Å². The quantitative estimate of drug-likeness (QED) is 0.873. The van der Waals surface area contributed by atoms with Crippen LogP contribution < -0.4 is 5.73 Å². The molecule has 0 aliphatic carbocycles. The summed E-state index contributed by atoms with van der Waals surface area (Å²) in [5, 5.41) is 5.19. The van der Waals surface area contributed by atoms with Crippen LogP contribution in [0.25, 0.3) is 0 Å². The number of esters is 1. The van der Waals surface area contributed by atoms with Gasteiger partial charge in [-0.15, -0.1) is 0 Å². The van der Waals surface area contributed by atoms with Crippen molar-refractivity contribution in [1.82, 2.24) is 9.78 Å². The summed E-state index contributed by atoms with van der Waals surface area (Å²) in [5.41, 5.74) is 7.70. The molecule has 1 heterocycles. The fourth-order valence-corrected chi connectivity index (χ4v) is 2.27. The van der Waals surface area contributed by atoms with Gasteiger partial charge in [0.15, 0.2) is 5.69 Å². The van der Waals surface area contributed by atoms with Gasteiger partial charge in [-0.25, -0.2) is 4.79 Å². The van der Waals surface area contributed by atoms with E-state index < -0.39 is 5.97 Å². The second-order valence-corrected chi connectivity index (χ2v) is 5.32. The fraction of sp³-hybridized carbons (Fsp3) is 0.286. The summed E-state index contributed by atoms with van der Waals surface area (Å²) < 4.78 is 6.78. The zero-order chi connectivity index (χ0) is 15.6. The maximum atomic E-state index is 12.2. The number of carbonyl (C=O) groups is 1. The first-order chi connectivity index (χ1) is 9.93. The van der Waals surface area contributed by atoms with Crippen LogP contribution in [0.5, 0.6) is 0 Å². The van der Waals surface area contributed by atoms with Crippen LogP contribution >= 0.6 is 23.2 Å². The highest BCUT2D eigenvalue weighted by Gasteiger charge is 2.20. The lowest BCUT2D eigenvalue weighted by molar-refractivity contribution is 0.0460. The Morgan fingerprint density at radius 2 is 2.14 bits per heavy atom. The molecule has 2 aromatic rings. The third kappa shape index (κ3) is 3.31. The van der Waals surface area contributed by atoms with Crippen molar-refractivity contribution in [3.8, 4) is 0 Å². The number of aryl methyl sites for hydroxylation is 2. The minimum atomic E-state index is -0.536. The number of nitrogens with zero attached hydrogens (tertiary/aromatic N) is 2. The molecule has 0 saturated carbocycles. The maximum absolute atomic E-state index is 12.2. The number of carbonyl (C=O) groups excluding carboxylic acids is 1. The molecule has 7 heteroatoms. The molecule has 0 amide bonds. The Bertz CT molecular complexity index is 683. The van der Waals surface area contributed by atoms with Crippen LogP contribution in [-0.2, 0) is 17.9 Å². The Hall–Kier alpha value is -1.72. The molecule has 2 N–H and O–H groups in total. The lowest BCUT2D eigenvalue weighted by Gasteiger charge is -2.08. The summed E-state index contributed by atoms with van der Waals surface area (Å²) in [7, 11) is 0. The Kier molecular flexibility index (Phi) is 4.75. The third-order valence-electron chi connectivity index (χ3n) is 3.03. The molecule has 0 fully saturated rings. The Morgan fingerprint density at radius 1 is 1.43 bits per heavy atom. The predicted molar refractivity (Wildman–Crippen MR) is 82.6 cm³/mol. The van der Waals surface area contributed by atoms with Crippen LogP contribution in [0.1, 0.15) is 28.7 Å². The van der Waals surface area contributed by atoms with Gasteiger partial charge in [0.2, 0.25) is 0 Å². The highest BCUT2D eigenvalue weighted by atomic mass is 35.5. The molecule has 112 valence electrons. The van der Waals surface area contributed by atoms with Gasteiger partial charge in [0.25, 0.3) is 0 Å². The van der Waals surface area contributed by atoms with Crippen molar-refractivity contribution in [1.29, 1.82) is 0 Å². The average Bonchev–Trinajstić information content (AvgIpc) is 2.75. The van der Waals surface area contributed by atoms with Gasteiger partial charge >= 0.3 is 5.97 Å². The minimum absolute atomic E-state index is 0.0195. The second-order valence-electron chi connectivity index (χ2n) is 4.48. The van der Waals surface area contributed by atoms with Crippen LogP contribution in [0.15, 0.2) is 18.2 Å². The number of anilines is 1. The van der Waals surface area contributed by atoms with E-state index in [4.69, 9.17) is 33.7 Å². The molecular weight excluding hydrogens is 313 g/mol. The number of benzene rings is 1. The van der Waals surface area contributed by atoms with Gasteiger partial charge in [-0.1, -0.05) is 23.2 Å². The molecule has 0 bridgehead atoms. The fourth-order valence-electron chi connectivity index (χ4n) is 1.91. The first-order valence-electron chi connectivity index (χ1n) is 6.38. The molecule has 0 aliphatic heterocycles. The number of halogens is 2. The van der Waals surface area contributed by atoms with Gasteiger partial charge in [-0.2, -0.15) is 5.10 Å². The molecular formula is C14H15Cl2N3O2. The minimum Gasteiger partial charge on any atom is -0.456 e. The number of aromatic nitrogens is 2. The molecule has 5 nitrogen and oxygen atoms in total. The Balaban J connectivity index is 2.17. The molecule has 2 rings (SSSR count). The van der Waals surface area contributed by atoms with Crippen molar-refractivity contribution in [2.24, 2.45) is 0 Å². The molecule has 0 unspecified atom stereocenters. The smallest absolute Gasteiger partial charge is 0.359 e. The summed E-state index contributed by atoms with van der Waals surface area (Å²) >= 11 is 11.9. The van der Waals surface area contributed by atoms with E-state index >= 15 is 0 Å². The normalized spacial score (nSPS) is 10.7. The van der Waals surface area contributed by atoms with Gasteiger partial charge in [-0.3, -0.25) is 4.68 Å². The van der Waals surface area contributed by atoms with E-state index in [-0.39, 0.29) is 12.3 Å². The zero-order valence-electron chi connectivity index (χ0n) is 11.7. The monoisotopic (exact) mass is 327 g/mol. The van der Waals surface area contributed by atoms with Gasteiger partial charge in [0.05, 0.1) is 11.4 Å². The zero-order valence-corrected chi connectivity index (χ0v) is 13.2. The van der Waals surface area contributed by atoms with Crippen molar-refractivity contribution in [3.05, 3.63) is 45.2 Å². The predicted octanol–water partition coefficient (Wildman–Crippen LogP) is 3.46. The first kappa shape index (κ1) is 15.7. The summed E-state index contributed by atoms with van der Waals surface area (Å²) in [6.45, 7) is 4.16. The molecule has 1 aromatic carbocycles. The van der Waals surface area contributed by atoms with E-state index in [0.717, 1.165) is 0 Å². The molecule has 0 spiro atoms. The van der Waals surface area contributed by atoms with E-state index in [0.29, 0.717) is 33.5 Å². The van der Waals surface area contributed by atoms with Gasteiger partial charge in [-0.05, 0) is 32.0 Å². The number of ether oxygens (including phenoxy) is 1. The summed E-state index contributed by atoms with van der Waals surface area (Å²) in [5.74, 6) is -0.536. The SMILES string of the molecule is CCn1nc(C)c(N)c1C(=O)OCc1cc(Cl)ccc1Cl. The molecule has 0 radical (unpaired) electrons. The van der Waals surface area contributed by atoms with Crippen molar-refractivity contribution in [3.63, 3.8) is 0 Å². The molecule has 0 atom stereocenters. The van der Waals surface area contributed by atoms with Crippen molar-refractivity contribution in [2.75, 3.05) is 5.73 Å². The number of nitrogen functional groups attached to an aromatic ring is 1. The lowest BCUT2D eigenvalue weighted by atomic mass is 10.2. The molecule has 21 heavy (non-hydrogen) atoms. The van der Waals surface area contributed by atoms with Gasteiger partial charge in [0, 0.05) is 22.2 Å². The van der Waals surface area contributed by atoms with Crippen LogP contribution in [-0.4, -0.2) is 15.7 Å². The number of hydrogen-bond donors (Lipinski definition) is 1. The highest BCUT2D eigenvalue weighted by molar-refractivity contribution is 6.33. The van der Waals surface area contributed by atoms with Crippen LogP contribution in [0.3, 0.4) is 0 Å². The highest BCUT2D eigenvalue weighted by Crippen LogP contribution is 2.23. The maximum Gasteiger partial charge on any atom is 0.359 e. The standard InChI is InChI=1S/C14H15Cl2N3O2/c1-3-19-13(12(17)8(2)18-19)14(20)21-7-9-6-10(15)4-5-11(9)16/h4-6H,3,7,17H2,1-2H3. The van der Waals surface area contributed by atoms with Crippen LogP contribution in [0.2, 0.25) is 10.0 Å². The topological polar surface area (TPSA) is 70.1 Å². The average molecular weight is 328 g/mol. The van der Waals surface area contributed by atoms with Crippen molar-refractivity contribution >= 4 is 34.9 Å². The largest absolute Gasteiger partial charge is 0.456 e. The van der Waals surface area contributed by atoms with E-state index in [1.54, 1.807) is 25.1 Å².